The molecule has 7 nitrogen and oxygen atoms in total. The summed E-state index contributed by atoms with van der Waals surface area (Å²) in [5, 5.41) is 3.89. The lowest BCUT2D eigenvalue weighted by molar-refractivity contribution is -0.129. The molecule has 1 aliphatic carbocycles. The number of aromatic nitrogens is 1. The number of Topliss-reactive ketones (excluding diaryl/α,β-unsaturated/α-hetero) is 1. The van der Waals surface area contributed by atoms with Gasteiger partial charge in [-0.2, -0.15) is 0 Å². The molecule has 0 bridgehead atoms. The van der Waals surface area contributed by atoms with Crippen LogP contribution in [0.5, 0.6) is 11.5 Å². The van der Waals surface area contributed by atoms with Gasteiger partial charge in [0.1, 0.15) is 12.4 Å². The summed E-state index contributed by atoms with van der Waals surface area (Å²) in [6, 6.07) is 4.80. The molecule has 144 valence electrons. The highest BCUT2D eigenvalue weighted by molar-refractivity contribution is 5.93. The second kappa shape index (κ2) is 8.24. The first-order valence-electron chi connectivity index (χ1n) is 8.96. The first-order chi connectivity index (χ1) is 13.0. The Bertz CT molecular complexity index is 821. The number of aryl methyl sites for hydroxylation is 2. The van der Waals surface area contributed by atoms with Crippen molar-refractivity contribution in [2.24, 2.45) is 0 Å². The minimum Gasteiger partial charge on any atom is -0.493 e. The van der Waals surface area contributed by atoms with Crippen LogP contribution in [0.1, 0.15) is 53.1 Å². The van der Waals surface area contributed by atoms with Crippen molar-refractivity contribution in [3.05, 3.63) is 40.8 Å². The molecule has 1 aromatic heterocycles. The number of carbonyl (C=O) groups is 2. The molecule has 27 heavy (non-hydrogen) atoms. The van der Waals surface area contributed by atoms with Gasteiger partial charge in [-0.25, -0.2) is 4.79 Å². The van der Waals surface area contributed by atoms with Crippen LogP contribution < -0.4 is 9.47 Å². The standard InChI is InChI=1S/C20H23NO6/c1-12-15(13(2)27-21-12)11-25-18-9-8-14(10-19(18)24-3)20(23)26-17-7-5-4-6-16(17)22/h8-10,17H,4-7,11H2,1-3H3. The summed E-state index contributed by atoms with van der Waals surface area (Å²) < 4.78 is 21.6. The average Bonchev–Trinajstić information content (AvgIpc) is 2.99. The molecule has 1 saturated carbocycles. The van der Waals surface area contributed by atoms with Crippen LogP contribution in [-0.2, 0) is 16.1 Å². The molecule has 0 aliphatic heterocycles. The molecular weight excluding hydrogens is 350 g/mol. The Labute approximate surface area is 157 Å². The number of benzene rings is 1. The lowest BCUT2D eigenvalue weighted by Gasteiger charge is -2.20. The van der Waals surface area contributed by atoms with Gasteiger partial charge in [-0.3, -0.25) is 4.79 Å². The zero-order valence-electron chi connectivity index (χ0n) is 15.7. The van der Waals surface area contributed by atoms with Gasteiger partial charge in [0.25, 0.3) is 0 Å². The third kappa shape index (κ3) is 4.30. The Hall–Kier alpha value is -2.83. The molecule has 0 amide bonds. The first kappa shape index (κ1) is 18.9. The van der Waals surface area contributed by atoms with Crippen molar-refractivity contribution in [3.8, 4) is 11.5 Å². The summed E-state index contributed by atoms with van der Waals surface area (Å²) in [6.07, 6.45) is 2.16. The summed E-state index contributed by atoms with van der Waals surface area (Å²) in [7, 11) is 1.50. The molecule has 3 rings (SSSR count). The van der Waals surface area contributed by atoms with Crippen LogP contribution in [-0.4, -0.2) is 30.1 Å². The fraction of sp³-hybridized carbons (Fsp3) is 0.450. The number of nitrogens with zero attached hydrogens (tertiary/aromatic N) is 1. The molecule has 1 aliphatic rings. The molecule has 0 N–H and O–H groups in total. The van der Waals surface area contributed by atoms with Gasteiger partial charge >= 0.3 is 5.97 Å². The van der Waals surface area contributed by atoms with Crippen LogP contribution in [0.2, 0.25) is 0 Å². The molecule has 2 aromatic rings. The van der Waals surface area contributed by atoms with E-state index in [9.17, 15) is 9.59 Å². The lowest BCUT2D eigenvalue weighted by atomic mass is 9.96. The second-order valence-electron chi connectivity index (χ2n) is 6.56. The molecule has 1 heterocycles. The highest BCUT2D eigenvalue weighted by Gasteiger charge is 2.26. The number of hydrogen-bond acceptors (Lipinski definition) is 7. The predicted octanol–water partition coefficient (Wildman–Crippen LogP) is 3.55. The van der Waals surface area contributed by atoms with Crippen LogP contribution in [0, 0.1) is 13.8 Å². The van der Waals surface area contributed by atoms with E-state index in [1.54, 1.807) is 18.2 Å². The second-order valence-corrected chi connectivity index (χ2v) is 6.56. The van der Waals surface area contributed by atoms with Gasteiger partial charge in [0.05, 0.1) is 23.9 Å². The van der Waals surface area contributed by atoms with Crippen molar-refractivity contribution in [2.45, 2.75) is 52.2 Å². The van der Waals surface area contributed by atoms with Gasteiger partial charge in [-0.1, -0.05) is 5.16 Å². The Kier molecular flexibility index (Phi) is 5.78. The van der Waals surface area contributed by atoms with E-state index >= 15 is 0 Å². The molecule has 0 radical (unpaired) electrons. The van der Waals surface area contributed by atoms with E-state index in [0.29, 0.717) is 35.7 Å². The van der Waals surface area contributed by atoms with Crippen LogP contribution in [0.3, 0.4) is 0 Å². The van der Waals surface area contributed by atoms with Gasteiger partial charge in [-0.15, -0.1) is 0 Å². The van der Waals surface area contributed by atoms with Gasteiger partial charge in [0.15, 0.2) is 23.4 Å². The van der Waals surface area contributed by atoms with Crippen molar-refractivity contribution >= 4 is 11.8 Å². The monoisotopic (exact) mass is 373 g/mol. The molecule has 0 spiro atoms. The fourth-order valence-electron chi connectivity index (χ4n) is 3.04. The molecule has 1 atom stereocenters. The molecular formula is C20H23NO6. The zero-order valence-corrected chi connectivity index (χ0v) is 15.7. The van der Waals surface area contributed by atoms with Crippen molar-refractivity contribution in [1.82, 2.24) is 5.16 Å². The Morgan fingerprint density at radius 1 is 1.26 bits per heavy atom. The quantitative estimate of drug-likeness (QED) is 0.716. The number of carbonyl (C=O) groups excluding carboxylic acids is 2. The molecule has 1 fully saturated rings. The third-order valence-corrected chi connectivity index (χ3v) is 4.70. The average molecular weight is 373 g/mol. The van der Waals surface area contributed by atoms with E-state index in [1.165, 1.54) is 7.11 Å². The fourth-order valence-corrected chi connectivity index (χ4v) is 3.04. The van der Waals surface area contributed by atoms with Crippen molar-refractivity contribution in [3.63, 3.8) is 0 Å². The molecule has 0 saturated heterocycles. The maximum atomic E-state index is 12.4. The van der Waals surface area contributed by atoms with Gasteiger partial charge in [-0.05, 0) is 51.3 Å². The predicted molar refractivity (Wildman–Crippen MR) is 96.0 cm³/mol. The van der Waals surface area contributed by atoms with E-state index in [-0.39, 0.29) is 12.4 Å². The van der Waals surface area contributed by atoms with Crippen LogP contribution in [0.25, 0.3) is 0 Å². The van der Waals surface area contributed by atoms with Gasteiger partial charge in [0.2, 0.25) is 0 Å². The van der Waals surface area contributed by atoms with E-state index in [1.807, 2.05) is 13.8 Å². The molecule has 1 aromatic carbocycles. The topological polar surface area (TPSA) is 87.9 Å². The summed E-state index contributed by atoms with van der Waals surface area (Å²) in [4.78, 5) is 24.2. The van der Waals surface area contributed by atoms with E-state index in [4.69, 9.17) is 18.7 Å². The largest absolute Gasteiger partial charge is 0.493 e. The number of ketones is 1. The molecule has 1 unspecified atom stereocenters. The Morgan fingerprint density at radius 2 is 2.07 bits per heavy atom. The summed E-state index contributed by atoms with van der Waals surface area (Å²) >= 11 is 0. The van der Waals surface area contributed by atoms with Crippen LogP contribution in [0.15, 0.2) is 22.7 Å². The third-order valence-electron chi connectivity index (χ3n) is 4.70. The number of ether oxygens (including phenoxy) is 3. The lowest BCUT2D eigenvalue weighted by Crippen LogP contribution is -2.30. The normalized spacial score (nSPS) is 16.9. The van der Waals surface area contributed by atoms with Crippen molar-refractivity contribution in [1.29, 1.82) is 0 Å². The van der Waals surface area contributed by atoms with Crippen LogP contribution in [0.4, 0.5) is 0 Å². The first-order valence-corrected chi connectivity index (χ1v) is 8.96. The maximum absolute atomic E-state index is 12.4. The minimum absolute atomic E-state index is 0.0130. The number of rotatable bonds is 6. The van der Waals surface area contributed by atoms with E-state index < -0.39 is 12.1 Å². The highest BCUT2D eigenvalue weighted by Crippen LogP contribution is 2.30. The summed E-state index contributed by atoms with van der Waals surface area (Å²) in [5.74, 6) is 1.05. The Morgan fingerprint density at radius 3 is 2.74 bits per heavy atom. The van der Waals surface area contributed by atoms with E-state index in [0.717, 1.165) is 24.1 Å². The smallest absolute Gasteiger partial charge is 0.338 e. The van der Waals surface area contributed by atoms with Crippen molar-refractivity contribution in [2.75, 3.05) is 7.11 Å². The minimum atomic E-state index is -0.646. The van der Waals surface area contributed by atoms with Gasteiger partial charge < -0.3 is 18.7 Å². The Balaban J connectivity index is 1.70. The maximum Gasteiger partial charge on any atom is 0.338 e. The molecule has 7 heteroatoms. The summed E-state index contributed by atoms with van der Waals surface area (Å²) in [5.41, 5.74) is 1.95. The van der Waals surface area contributed by atoms with E-state index in [2.05, 4.69) is 5.16 Å². The SMILES string of the molecule is COc1cc(C(=O)OC2CCCCC2=O)ccc1OCc1c(C)noc1C. The highest BCUT2D eigenvalue weighted by atomic mass is 16.5. The van der Waals surface area contributed by atoms with Gasteiger partial charge in [0, 0.05) is 6.42 Å². The van der Waals surface area contributed by atoms with Crippen LogP contribution >= 0.6 is 0 Å². The van der Waals surface area contributed by atoms with Crippen molar-refractivity contribution < 1.29 is 28.3 Å². The summed E-state index contributed by atoms with van der Waals surface area (Å²) in [6.45, 7) is 3.94. The number of hydrogen-bond donors (Lipinski definition) is 0. The zero-order chi connectivity index (χ0) is 19.4. The number of methoxy groups -OCH3 is 1. The number of esters is 1.